The Hall–Kier alpha value is -3.29. The molecule has 1 N–H and O–H groups in total. The van der Waals surface area contributed by atoms with Crippen LogP contribution in [0.5, 0.6) is 0 Å². The first kappa shape index (κ1) is 17.5. The van der Waals surface area contributed by atoms with Crippen LogP contribution in [0.4, 0.5) is 0 Å². The molecular formula is C18H20N6O2. The van der Waals surface area contributed by atoms with Gasteiger partial charge in [-0.25, -0.2) is 4.68 Å². The SMILES string of the molecule is Cc1ccn(CCc2ccccc2)c(=O)c1C(=O)NCCn1cnnn1. The van der Waals surface area contributed by atoms with Gasteiger partial charge in [-0.15, -0.1) is 5.10 Å². The average molecular weight is 352 g/mol. The van der Waals surface area contributed by atoms with Gasteiger partial charge in [0, 0.05) is 19.3 Å². The normalized spacial score (nSPS) is 10.7. The van der Waals surface area contributed by atoms with Crippen molar-refractivity contribution in [2.45, 2.75) is 26.4 Å². The first-order chi connectivity index (χ1) is 12.6. The molecule has 0 saturated heterocycles. The van der Waals surface area contributed by atoms with E-state index in [4.69, 9.17) is 0 Å². The number of benzene rings is 1. The number of aryl methyl sites for hydroxylation is 3. The minimum atomic E-state index is -0.380. The number of tetrazole rings is 1. The Balaban J connectivity index is 1.68. The number of rotatable bonds is 7. The minimum Gasteiger partial charge on any atom is -0.350 e. The average Bonchev–Trinajstić information content (AvgIpc) is 3.15. The van der Waals surface area contributed by atoms with E-state index in [-0.39, 0.29) is 17.0 Å². The van der Waals surface area contributed by atoms with Crippen LogP contribution >= 0.6 is 0 Å². The van der Waals surface area contributed by atoms with Gasteiger partial charge in [0.15, 0.2) is 0 Å². The van der Waals surface area contributed by atoms with Gasteiger partial charge in [-0.2, -0.15) is 0 Å². The van der Waals surface area contributed by atoms with Crippen LogP contribution in [0.3, 0.4) is 0 Å². The number of hydrogen-bond donors (Lipinski definition) is 1. The van der Waals surface area contributed by atoms with Gasteiger partial charge in [-0.05, 0) is 41.0 Å². The molecule has 8 nitrogen and oxygen atoms in total. The lowest BCUT2D eigenvalue weighted by Gasteiger charge is -2.11. The summed E-state index contributed by atoms with van der Waals surface area (Å²) in [5.74, 6) is -0.380. The molecule has 0 saturated carbocycles. The van der Waals surface area contributed by atoms with Crippen molar-refractivity contribution in [3.63, 3.8) is 0 Å². The van der Waals surface area contributed by atoms with E-state index in [1.807, 2.05) is 30.3 Å². The maximum absolute atomic E-state index is 12.7. The molecule has 1 amide bonds. The van der Waals surface area contributed by atoms with Crippen molar-refractivity contribution in [1.29, 1.82) is 0 Å². The molecule has 134 valence electrons. The second kappa shape index (κ2) is 8.19. The first-order valence-electron chi connectivity index (χ1n) is 8.38. The lowest BCUT2D eigenvalue weighted by molar-refractivity contribution is 0.0949. The Morgan fingerprint density at radius 3 is 2.69 bits per heavy atom. The molecule has 8 heteroatoms. The third-order valence-corrected chi connectivity index (χ3v) is 4.10. The number of pyridine rings is 1. The molecule has 0 unspecified atom stereocenters. The van der Waals surface area contributed by atoms with E-state index < -0.39 is 0 Å². The smallest absolute Gasteiger partial charge is 0.263 e. The standard InChI is InChI=1S/C18H20N6O2/c1-14-7-10-23(11-8-15-5-3-2-4-6-15)18(26)16(14)17(25)19-9-12-24-13-20-21-22-24/h2-7,10,13H,8-9,11-12H2,1H3,(H,19,25). The predicted octanol–water partition coefficient (Wildman–Crippen LogP) is 0.816. The number of amides is 1. The Morgan fingerprint density at radius 1 is 1.15 bits per heavy atom. The summed E-state index contributed by atoms with van der Waals surface area (Å²) in [6, 6.07) is 11.7. The topological polar surface area (TPSA) is 94.7 Å². The van der Waals surface area contributed by atoms with E-state index in [1.54, 1.807) is 23.8 Å². The van der Waals surface area contributed by atoms with Gasteiger partial charge < -0.3 is 9.88 Å². The lowest BCUT2D eigenvalue weighted by Crippen LogP contribution is -2.35. The molecule has 3 aromatic rings. The van der Waals surface area contributed by atoms with Gasteiger partial charge in [0.25, 0.3) is 11.5 Å². The van der Waals surface area contributed by atoms with E-state index in [0.717, 1.165) is 12.0 Å². The fourth-order valence-corrected chi connectivity index (χ4v) is 2.67. The van der Waals surface area contributed by atoms with E-state index >= 15 is 0 Å². The van der Waals surface area contributed by atoms with Gasteiger partial charge in [0.1, 0.15) is 11.9 Å². The monoisotopic (exact) mass is 352 g/mol. The number of nitrogens with one attached hydrogen (secondary N) is 1. The predicted molar refractivity (Wildman–Crippen MR) is 95.7 cm³/mol. The summed E-state index contributed by atoms with van der Waals surface area (Å²) in [6.45, 7) is 3.06. The number of carbonyl (C=O) groups excluding carboxylic acids is 1. The molecule has 2 heterocycles. The Labute approximate surface area is 150 Å². The molecule has 0 bridgehead atoms. The second-order valence-electron chi connectivity index (χ2n) is 5.94. The zero-order valence-electron chi connectivity index (χ0n) is 14.5. The zero-order valence-corrected chi connectivity index (χ0v) is 14.5. The summed E-state index contributed by atoms with van der Waals surface area (Å²) >= 11 is 0. The van der Waals surface area contributed by atoms with Crippen LogP contribution in [0.25, 0.3) is 0 Å². The van der Waals surface area contributed by atoms with Crippen molar-refractivity contribution in [3.05, 3.63) is 76.0 Å². The summed E-state index contributed by atoms with van der Waals surface area (Å²) in [4.78, 5) is 25.2. The third-order valence-electron chi connectivity index (χ3n) is 4.10. The highest BCUT2D eigenvalue weighted by molar-refractivity contribution is 5.95. The minimum absolute atomic E-state index is 0.178. The molecule has 0 aliphatic carbocycles. The van der Waals surface area contributed by atoms with Crippen LogP contribution in [0, 0.1) is 6.92 Å². The van der Waals surface area contributed by atoms with Gasteiger partial charge in [-0.3, -0.25) is 9.59 Å². The molecule has 0 spiro atoms. The van der Waals surface area contributed by atoms with Crippen LogP contribution in [-0.4, -0.2) is 37.2 Å². The Morgan fingerprint density at radius 2 is 1.96 bits per heavy atom. The van der Waals surface area contributed by atoms with E-state index in [2.05, 4.69) is 20.8 Å². The summed E-state index contributed by atoms with van der Waals surface area (Å²) in [5.41, 5.74) is 1.71. The van der Waals surface area contributed by atoms with Gasteiger partial charge >= 0.3 is 0 Å². The molecular weight excluding hydrogens is 332 g/mol. The van der Waals surface area contributed by atoms with Crippen LogP contribution in [0.2, 0.25) is 0 Å². The summed E-state index contributed by atoms with van der Waals surface area (Å²) in [5, 5.41) is 13.5. The highest BCUT2D eigenvalue weighted by Crippen LogP contribution is 2.05. The molecule has 0 fully saturated rings. The number of hydrogen-bond acceptors (Lipinski definition) is 5. The van der Waals surface area contributed by atoms with Crippen molar-refractivity contribution in [1.82, 2.24) is 30.1 Å². The van der Waals surface area contributed by atoms with E-state index in [0.29, 0.717) is 25.2 Å². The first-order valence-corrected chi connectivity index (χ1v) is 8.38. The van der Waals surface area contributed by atoms with Gasteiger partial charge in [-0.1, -0.05) is 30.3 Å². The Kier molecular flexibility index (Phi) is 5.52. The summed E-state index contributed by atoms with van der Waals surface area (Å²) in [7, 11) is 0. The van der Waals surface area contributed by atoms with Crippen LogP contribution in [0.15, 0.2) is 53.7 Å². The molecule has 2 aromatic heterocycles. The van der Waals surface area contributed by atoms with E-state index in [1.165, 1.54) is 11.0 Å². The highest BCUT2D eigenvalue weighted by atomic mass is 16.2. The fraction of sp³-hybridized carbons (Fsp3) is 0.278. The quantitative estimate of drug-likeness (QED) is 0.679. The maximum atomic E-state index is 12.7. The number of nitrogens with zero attached hydrogens (tertiary/aromatic N) is 5. The third kappa shape index (κ3) is 4.21. The van der Waals surface area contributed by atoms with Crippen molar-refractivity contribution in [2.75, 3.05) is 6.54 Å². The maximum Gasteiger partial charge on any atom is 0.263 e. The van der Waals surface area contributed by atoms with Crippen molar-refractivity contribution < 1.29 is 4.79 Å². The van der Waals surface area contributed by atoms with Crippen LogP contribution in [-0.2, 0) is 19.5 Å². The molecule has 26 heavy (non-hydrogen) atoms. The summed E-state index contributed by atoms with van der Waals surface area (Å²) < 4.78 is 3.09. The lowest BCUT2D eigenvalue weighted by atomic mass is 10.1. The fourth-order valence-electron chi connectivity index (χ4n) is 2.67. The number of carbonyl (C=O) groups is 1. The molecule has 0 radical (unpaired) electrons. The second-order valence-corrected chi connectivity index (χ2v) is 5.94. The van der Waals surface area contributed by atoms with Crippen molar-refractivity contribution in [2.24, 2.45) is 0 Å². The molecule has 0 aliphatic rings. The molecule has 3 rings (SSSR count). The molecule has 1 aromatic carbocycles. The molecule has 0 atom stereocenters. The Bertz CT molecular complexity index is 919. The zero-order chi connectivity index (χ0) is 18.4. The number of aromatic nitrogens is 5. The van der Waals surface area contributed by atoms with Crippen molar-refractivity contribution in [3.8, 4) is 0 Å². The van der Waals surface area contributed by atoms with Crippen LogP contribution in [0.1, 0.15) is 21.5 Å². The van der Waals surface area contributed by atoms with Gasteiger partial charge in [0.2, 0.25) is 0 Å². The van der Waals surface area contributed by atoms with Gasteiger partial charge in [0.05, 0.1) is 6.54 Å². The summed E-state index contributed by atoms with van der Waals surface area (Å²) in [6.07, 6.45) is 3.93. The van der Waals surface area contributed by atoms with Crippen LogP contribution < -0.4 is 10.9 Å². The molecule has 0 aliphatic heterocycles. The largest absolute Gasteiger partial charge is 0.350 e. The van der Waals surface area contributed by atoms with Crippen molar-refractivity contribution >= 4 is 5.91 Å². The van der Waals surface area contributed by atoms with E-state index in [9.17, 15) is 9.59 Å². The highest BCUT2D eigenvalue weighted by Gasteiger charge is 2.15.